The molecule has 0 saturated carbocycles. The third-order valence-corrected chi connectivity index (χ3v) is 2.85. The molecule has 0 heterocycles. The maximum Gasteiger partial charge on any atom is 0.263 e. The topological polar surface area (TPSA) is 30.8 Å². The zero-order chi connectivity index (χ0) is 15.1. The third kappa shape index (κ3) is 4.27. The molecule has 2 rings (SSSR count). The number of rotatable bonds is 6. The predicted molar refractivity (Wildman–Crippen MR) is 76.8 cm³/mol. The number of oxime groups is 1. The molecule has 110 valence electrons. The summed E-state index contributed by atoms with van der Waals surface area (Å²) in [7, 11) is 1.58. The van der Waals surface area contributed by atoms with Gasteiger partial charge in [0, 0.05) is 11.1 Å². The second-order valence-corrected chi connectivity index (χ2v) is 4.29. The van der Waals surface area contributed by atoms with Crippen LogP contribution in [0.1, 0.15) is 23.1 Å². The van der Waals surface area contributed by atoms with E-state index in [1.165, 1.54) is 18.3 Å². The van der Waals surface area contributed by atoms with E-state index in [-0.39, 0.29) is 12.2 Å². The van der Waals surface area contributed by atoms with Crippen molar-refractivity contribution in [1.82, 2.24) is 0 Å². The summed E-state index contributed by atoms with van der Waals surface area (Å²) in [6, 6.07) is 13.4. The fourth-order valence-electron chi connectivity index (χ4n) is 1.80. The monoisotopic (exact) mass is 291 g/mol. The van der Waals surface area contributed by atoms with Crippen LogP contribution in [0.2, 0.25) is 0 Å². The van der Waals surface area contributed by atoms with Crippen molar-refractivity contribution in [1.29, 1.82) is 0 Å². The molecule has 0 bridgehead atoms. The van der Waals surface area contributed by atoms with Gasteiger partial charge < -0.3 is 9.57 Å². The smallest absolute Gasteiger partial charge is 0.263 e. The minimum absolute atomic E-state index is 0.0383. The van der Waals surface area contributed by atoms with Crippen LogP contribution in [0.3, 0.4) is 0 Å². The maximum absolute atomic E-state index is 12.6. The summed E-state index contributed by atoms with van der Waals surface area (Å²) >= 11 is 0. The first-order chi connectivity index (χ1) is 10.2. The highest BCUT2D eigenvalue weighted by Crippen LogP contribution is 2.19. The lowest BCUT2D eigenvalue weighted by Crippen LogP contribution is -1.93. The quantitative estimate of drug-likeness (QED) is 0.590. The van der Waals surface area contributed by atoms with Crippen molar-refractivity contribution in [2.45, 2.75) is 13.0 Å². The highest BCUT2D eigenvalue weighted by molar-refractivity contribution is 5.79. The van der Waals surface area contributed by atoms with Crippen LogP contribution in [0.15, 0.2) is 53.7 Å². The number of alkyl halides is 2. The molecule has 2 aromatic rings. The number of nitrogens with zero attached hydrogens (tertiary/aromatic N) is 1. The first-order valence-electron chi connectivity index (χ1n) is 6.36. The highest BCUT2D eigenvalue weighted by Gasteiger charge is 2.06. The molecule has 0 N–H and O–H groups in total. The van der Waals surface area contributed by atoms with Crippen LogP contribution < -0.4 is 4.74 Å². The zero-order valence-electron chi connectivity index (χ0n) is 11.5. The van der Waals surface area contributed by atoms with Gasteiger partial charge in [-0.1, -0.05) is 41.6 Å². The Balaban J connectivity index is 1.95. The van der Waals surface area contributed by atoms with E-state index in [2.05, 4.69) is 5.16 Å². The van der Waals surface area contributed by atoms with E-state index >= 15 is 0 Å². The van der Waals surface area contributed by atoms with Gasteiger partial charge in [-0.05, 0) is 17.7 Å². The average Bonchev–Trinajstić information content (AvgIpc) is 2.52. The maximum atomic E-state index is 12.6. The largest absolute Gasteiger partial charge is 0.496 e. The molecule has 0 fully saturated rings. The predicted octanol–water partition coefficient (Wildman–Crippen LogP) is 4.18. The molecule has 0 aliphatic heterocycles. The number of benzene rings is 2. The molecule has 0 aliphatic carbocycles. The summed E-state index contributed by atoms with van der Waals surface area (Å²) in [5.41, 5.74) is 1.38. The Morgan fingerprint density at radius 3 is 2.71 bits per heavy atom. The Morgan fingerprint density at radius 1 is 1.14 bits per heavy atom. The fraction of sp³-hybridized carbons (Fsp3) is 0.188. The number of para-hydroxylation sites is 1. The van der Waals surface area contributed by atoms with Gasteiger partial charge in [0.2, 0.25) is 0 Å². The molecule has 5 heteroatoms. The molecule has 3 nitrogen and oxygen atoms in total. The van der Waals surface area contributed by atoms with Crippen molar-refractivity contribution in [3.63, 3.8) is 0 Å². The van der Waals surface area contributed by atoms with E-state index in [1.807, 2.05) is 24.3 Å². The van der Waals surface area contributed by atoms with Crippen LogP contribution in [0.25, 0.3) is 0 Å². The summed E-state index contributed by atoms with van der Waals surface area (Å²) in [5, 5.41) is 3.79. The van der Waals surface area contributed by atoms with Crippen LogP contribution in [0.5, 0.6) is 5.75 Å². The van der Waals surface area contributed by atoms with E-state index in [0.717, 1.165) is 5.56 Å². The second-order valence-electron chi connectivity index (χ2n) is 4.29. The van der Waals surface area contributed by atoms with Gasteiger partial charge in [0.25, 0.3) is 6.43 Å². The molecule has 0 atom stereocenters. The van der Waals surface area contributed by atoms with Gasteiger partial charge in [0.05, 0.1) is 13.3 Å². The van der Waals surface area contributed by atoms with E-state index in [4.69, 9.17) is 9.57 Å². The molecule has 0 saturated heterocycles. The molecule has 0 radical (unpaired) electrons. The Kier molecular flexibility index (Phi) is 5.26. The van der Waals surface area contributed by atoms with Crippen LogP contribution in [-0.2, 0) is 11.4 Å². The SMILES string of the molecule is COc1ccccc1CON=Cc1cccc(C(F)F)c1. The number of methoxy groups -OCH3 is 1. The Labute approximate surface area is 121 Å². The lowest BCUT2D eigenvalue weighted by atomic mass is 10.1. The third-order valence-electron chi connectivity index (χ3n) is 2.85. The van der Waals surface area contributed by atoms with Gasteiger partial charge in [0.15, 0.2) is 0 Å². The minimum atomic E-state index is -2.49. The van der Waals surface area contributed by atoms with Gasteiger partial charge in [-0.25, -0.2) is 8.78 Å². The summed E-state index contributed by atoms with van der Waals surface area (Å²) in [6.45, 7) is 0.245. The van der Waals surface area contributed by atoms with Gasteiger partial charge >= 0.3 is 0 Å². The van der Waals surface area contributed by atoms with Gasteiger partial charge in [-0.3, -0.25) is 0 Å². The van der Waals surface area contributed by atoms with Crippen LogP contribution in [0.4, 0.5) is 8.78 Å². The molecule has 21 heavy (non-hydrogen) atoms. The van der Waals surface area contributed by atoms with Crippen molar-refractivity contribution in [3.8, 4) is 5.75 Å². The normalized spacial score (nSPS) is 11.0. The summed E-state index contributed by atoms with van der Waals surface area (Å²) in [6.07, 6.45) is -1.09. The summed E-state index contributed by atoms with van der Waals surface area (Å²) in [5.74, 6) is 0.715. The van der Waals surface area contributed by atoms with E-state index < -0.39 is 6.43 Å². The Bertz CT molecular complexity index is 615. The average molecular weight is 291 g/mol. The second kappa shape index (κ2) is 7.38. The Hall–Kier alpha value is -2.43. The van der Waals surface area contributed by atoms with E-state index in [9.17, 15) is 8.78 Å². The molecular weight excluding hydrogens is 276 g/mol. The molecule has 0 amide bonds. The molecule has 0 unspecified atom stereocenters. The standard InChI is InChI=1S/C16H15F2NO2/c1-20-15-8-3-2-6-14(15)11-21-19-10-12-5-4-7-13(9-12)16(17)18/h2-10,16H,11H2,1H3. The molecule has 0 aromatic heterocycles. The van der Waals surface area contributed by atoms with Gasteiger partial charge in [-0.2, -0.15) is 0 Å². The first kappa shape index (κ1) is 15.0. The first-order valence-corrected chi connectivity index (χ1v) is 6.36. The lowest BCUT2D eigenvalue weighted by molar-refractivity contribution is 0.130. The molecule has 0 aliphatic rings. The van der Waals surface area contributed by atoms with Crippen molar-refractivity contribution >= 4 is 6.21 Å². The van der Waals surface area contributed by atoms with E-state index in [1.54, 1.807) is 19.2 Å². The van der Waals surface area contributed by atoms with Crippen LogP contribution >= 0.6 is 0 Å². The van der Waals surface area contributed by atoms with Gasteiger partial charge in [0.1, 0.15) is 12.4 Å². The van der Waals surface area contributed by atoms with Crippen molar-refractivity contribution in [2.75, 3.05) is 7.11 Å². The number of hydrogen-bond acceptors (Lipinski definition) is 3. The van der Waals surface area contributed by atoms with Crippen molar-refractivity contribution in [3.05, 3.63) is 65.2 Å². The summed E-state index contributed by atoms with van der Waals surface area (Å²) in [4.78, 5) is 5.17. The van der Waals surface area contributed by atoms with E-state index in [0.29, 0.717) is 11.3 Å². The molecular formula is C16H15F2NO2. The van der Waals surface area contributed by atoms with Gasteiger partial charge in [-0.15, -0.1) is 0 Å². The van der Waals surface area contributed by atoms with Crippen LogP contribution in [0, 0.1) is 0 Å². The fourth-order valence-corrected chi connectivity index (χ4v) is 1.80. The summed E-state index contributed by atoms with van der Waals surface area (Å²) < 4.78 is 30.3. The minimum Gasteiger partial charge on any atom is -0.496 e. The molecule has 2 aromatic carbocycles. The number of hydrogen-bond donors (Lipinski definition) is 0. The van der Waals surface area contributed by atoms with Crippen molar-refractivity contribution in [2.24, 2.45) is 5.16 Å². The number of ether oxygens (including phenoxy) is 1. The van der Waals surface area contributed by atoms with Crippen LogP contribution in [-0.4, -0.2) is 13.3 Å². The Morgan fingerprint density at radius 2 is 1.95 bits per heavy atom. The number of halogens is 2. The highest BCUT2D eigenvalue weighted by atomic mass is 19.3. The zero-order valence-corrected chi connectivity index (χ0v) is 11.5. The lowest BCUT2D eigenvalue weighted by Gasteiger charge is -2.06. The van der Waals surface area contributed by atoms with Crippen molar-refractivity contribution < 1.29 is 18.4 Å². The molecule has 0 spiro atoms.